The lowest BCUT2D eigenvalue weighted by Crippen LogP contribution is -2.16. The summed E-state index contributed by atoms with van der Waals surface area (Å²) in [7, 11) is 4.08. The molecule has 4 rings (SSSR count). The van der Waals surface area contributed by atoms with E-state index in [1.165, 1.54) is 11.9 Å². The summed E-state index contributed by atoms with van der Waals surface area (Å²) >= 11 is 0. The summed E-state index contributed by atoms with van der Waals surface area (Å²) in [6.07, 6.45) is 7.07. The standard InChI is InChI=1S/C28H32N6O/c1-19-7-8-20(11-26(19)34-17-25(31-32-34)23-14-29-18-30-15-23)12-27(35)22-9-21(16-33(5)6)10-24(13-22)28(2,3)4/h7-11,13-15,17-18H,12,16H2,1-6H3. The van der Waals surface area contributed by atoms with Gasteiger partial charge in [-0.1, -0.05) is 44.2 Å². The van der Waals surface area contributed by atoms with E-state index < -0.39 is 0 Å². The number of carbonyl (C=O) groups excluding carboxylic acids is 1. The number of hydrogen-bond acceptors (Lipinski definition) is 6. The highest BCUT2D eigenvalue weighted by Crippen LogP contribution is 2.26. The molecule has 2 aromatic carbocycles. The summed E-state index contributed by atoms with van der Waals surface area (Å²) in [6, 6.07) is 12.3. The van der Waals surface area contributed by atoms with Crippen molar-refractivity contribution in [3.05, 3.63) is 89.1 Å². The minimum Gasteiger partial charge on any atom is -0.305 e. The van der Waals surface area contributed by atoms with E-state index in [9.17, 15) is 4.79 Å². The first kappa shape index (κ1) is 24.4. The number of benzene rings is 2. The first-order valence-electron chi connectivity index (χ1n) is 11.7. The van der Waals surface area contributed by atoms with Crippen LogP contribution in [0.25, 0.3) is 16.9 Å². The first-order valence-corrected chi connectivity index (χ1v) is 11.7. The second-order valence-electron chi connectivity index (χ2n) is 10.3. The Morgan fingerprint density at radius 2 is 1.74 bits per heavy atom. The lowest BCUT2D eigenvalue weighted by atomic mass is 9.84. The maximum Gasteiger partial charge on any atom is 0.167 e. The van der Waals surface area contributed by atoms with E-state index in [4.69, 9.17) is 0 Å². The van der Waals surface area contributed by atoms with Crippen LogP contribution in [0.15, 0.2) is 61.3 Å². The molecule has 2 heterocycles. The van der Waals surface area contributed by atoms with Crippen LogP contribution >= 0.6 is 0 Å². The van der Waals surface area contributed by atoms with Gasteiger partial charge < -0.3 is 4.90 Å². The second-order valence-corrected chi connectivity index (χ2v) is 10.3. The molecule has 0 atom stereocenters. The highest BCUT2D eigenvalue weighted by Gasteiger charge is 2.19. The van der Waals surface area contributed by atoms with E-state index in [0.29, 0.717) is 12.1 Å². The molecule has 0 spiro atoms. The van der Waals surface area contributed by atoms with Crippen LogP contribution < -0.4 is 0 Å². The van der Waals surface area contributed by atoms with Crippen LogP contribution in [-0.4, -0.2) is 49.7 Å². The van der Waals surface area contributed by atoms with E-state index in [-0.39, 0.29) is 11.2 Å². The molecular formula is C28H32N6O. The Kier molecular flexibility index (Phi) is 6.89. The number of aryl methyl sites for hydroxylation is 1. The highest BCUT2D eigenvalue weighted by molar-refractivity contribution is 5.98. The average Bonchev–Trinajstić information content (AvgIpc) is 3.30. The molecule has 35 heavy (non-hydrogen) atoms. The Morgan fingerprint density at radius 1 is 1.00 bits per heavy atom. The first-order chi connectivity index (χ1) is 16.6. The Labute approximate surface area is 206 Å². The third kappa shape index (κ3) is 5.87. The summed E-state index contributed by atoms with van der Waals surface area (Å²) in [5, 5.41) is 8.57. The molecule has 2 aromatic heterocycles. The Bertz CT molecular complexity index is 1340. The third-order valence-electron chi connectivity index (χ3n) is 5.91. The van der Waals surface area contributed by atoms with Gasteiger partial charge in [0.05, 0.1) is 11.9 Å². The summed E-state index contributed by atoms with van der Waals surface area (Å²) in [6.45, 7) is 9.34. The maximum atomic E-state index is 13.4. The molecule has 180 valence electrons. The largest absolute Gasteiger partial charge is 0.305 e. The van der Waals surface area contributed by atoms with Crippen LogP contribution in [0.1, 0.15) is 53.4 Å². The molecule has 0 N–H and O–H groups in total. The van der Waals surface area contributed by atoms with Gasteiger partial charge in [0.25, 0.3) is 0 Å². The number of rotatable bonds is 7. The van der Waals surface area contributed by atoms with Crippen LogP contribution in [-0.2, 0) is 18.4 Å². The van der Waals surface area contributed by atoms with Crippen molar-refractivity contribution in [2.45, 2.75) is 46.1 Å². The quantitative estimate of drug-likeness (QED) is 0.362. The van der Waals surface area contributed by atoms with Gasteiger partial charge in [-0.15, -0.1) is 5.10 Å². The van der Waals surface area contributed by atoms with E-state index in [1.807, 2.05) is 57.5 Å². The van der Waals surface area contributed by atoms with Gasteiger partial charge in [-0.25, -0.2) is 14.6 Å². The third-order valence-corrected chi connectivity index (χ3v) is 5.91. The zero-order valence-electron chi connectivity index (χ0n) is 21.3. The van der Waals surface area contributed by atoms with E-state index in [1.54, 1.807) is 17.1 Å². The fourth-order valence-electron chi connectivity index (χ4n) is 3.99. The van der Waals surface area contributed by atoms with Crippen LogP contribution in [0.2, 0.25) is 0 Å². The van der Waals surface area contributed by atoms with Crippen LogP contribution in [0.5, 0.6) is 0 Å². The Morgan fingerprint density at radius 3 is 2.43 bits per heavy atom. The summed E-state index contributed by atoms with van der Waals surface area (Å²) in [5.74, 6) is 0.103. The van der Waals surface area contributed by atoms with Crippen molar-refractivity contribution in [1.82, 2.24) is 29.9 Å². The molecule has 7 heteroatoms. The lowest BCUT2D eigenvalue weighted by Gasteiger charge is -2.22. The molecule has 7 nitrogen and oxygen atoms in total. The van der Waals surface area contributed by atoms with Crippen LogP contribution in [0.3, 0.4) is 0 Å². The summed E-state index contributed by atoms with van der Waals surface area (Å²) in [4.78, 5) is 23.6. The molecule has 0 unspecified atom stereocenters. The van der Waals surface area contributed by atoms with Crippen molar-refractivity contribution in [2.75, 3.05) is 14.1 Å². The predicted octanol–water partition coefficient (Wildman–Crippen LogP) is 4.82. The topological polar surface area (TPSA) is 76.8 Å². The van der Waals surface area contributed by atoms with Crippen molar-refractivity contribution in [2.24, 2.45) is 0 Å². The van der Waals surface area contributed by atoms with Crippen LogP contribution in [0.4, 0.5) is 0 Å². The van der Waals surface area contributed by atoms with Crippen LogP contribution in [0, 0.1) is 6.92 Å². The van der Waals surface area contributed by atoms with Crippen molar-refractivity contribution >= 4 is 5.78 Å². The molecule has 0 fully saturated rings. The van der Waals surface area contributed by atoms with Crippen molar-refractivity contribution in [3.8, 4) is 16.9 Å². The smallest absolute Gasteiger partial charge is 0.167 e. The number of aromatic nitrogens is 5. The van der Waals surface area contributed by atoms with Gasteiger partial charge in [0.2, 0.25) is 0 Å². The van der Waals surface area contributed by atoms with Gasteiger partial charge in [-0.3, -0.25) is 4.79 Å². The molecular weight excluding hydrogens is 436 g/mol. The number of Topliss-reactive ketones (excluding diaryl/α,β-unsaturated/α-hetero) is 1. The SMILES string of the molecule is Cc1ccc(CC(=O)c2cc(CN(C)C)cc(C(C)(C)C)c2)cc1-n1cc(-c2cncnc2)nn1. The van der Waals surface area contributed by atoms with Gasteiger partial charge >= 0.3 is 0 Å². The minimum absolute atomic E-state index is 0.0387. The van der Waals surface area contributed by atoms with Gasteiger partial charge in [0.1, 0.15) is 12.0 Å². The molecule has 0 amide bonds. The van der Waals surface area contributed by atoms with Gasteiger partial charge in [-0.2, -0.15) is 0 Å². The highest BCUT2D eigenvalue weighted by atomic mass is 16.1. The average molecular weight is 469 g/mol. The lowest BCUT2D eigenvalue weighted by molar-refractivity contribution is 0.0992. The van der Waals surface area contributed by atoms with Crippen molar-refractivity contribution in [3.63, 3.8) is 0 Å². The Balaban J connectivity index is 1.62. The molecule has 0 radical (unpaired) electrons. The van der Waals surface area contributed by atoms with E-state index in [2.05, 4.69) is 52.0 Å². The molecule has 4 aromatic rings. The van der Waals surface area contributed by atoms with E-state index in [0.717, 1.165) is 40.0 Å². The van der Waals surface area contributed by atoms with Gasteiger partial charge in [-0.05, 0) is 66.9 Å². The molecule has 0 aliphatic carbocycles. The summed E-state index contributed by atoms with van der Waals surface area (Å²) < 4.78 is 1.74. The summed E-state index contributed by atoms with van der Waals surface area (Å²) in [5.41, 5.74) is 7.40. The molecule has 0 bridgehead atoms. The number of carbonyl (C=O) groups is 1. The number of nitrogens with zero attached hydrogens (tertiary/aromatic N) is 6. The second kappa shape index (κ2) is 9.88. The number of hydrogen-bond donors (Lipinski definition) is 0. The monoisotopic (exact) mass is 468 g/mol. The Hall–Kier alpha value is -3.71. The zero-order valence-corrected chi connectivity index (χ0v) is 21.3. The fraction of sp³-hybridized carbons (Fsp3) is 0.321. The number of ketones is 1. The fourth-order valence-corrected chi connectivity index (χ4v) is 3.99. The molecule has 0 saturated heterocycles. The molecule has 0 saturated carbocycles. The molecule has 0 aliphatic heterocycles. The molecule has 0 aliphatic rings. The zero-order chi connectivity index (χ0) is 25.2. The van der Waals surface area contributed by atoms with Gasteiger partial charge in [0, 0.05) is 36.5 Å². The predicted molar refractivity (Wildman–Crippen MR) is 138 cm³/mol. The van der Waals surface area contributed by atoms with Crippen molar-refractivity contribution < 1.29 is 4.79 Å². The normalized spacial score (nSPS) is 11.7. The van der Waals surface area contributed by atoms with Gasteiger partial charge in [0.15, 0.2) is 5.78 Å². The maximum absolute atomic E-state index is 13.4. The van der Waals surface area contributed by atoms with E-state index >= 15 is 0 Å². The van der Waals surface area contributed by atoms with Crippen molar-refractivity contribution in [1.29, 1.82) is 0 Å². The minimum atomic E-state index is -0.0387.